The topological polar surface area (TPSA) is 26.3 Å². The molecule has 0 saturated heterocycles. The number of benzene rings is 2. The van der Waals surface area contributed by atoms with Crippen LogP contribution in [0.3, 0.4) is 0 Å². The zero-order chi connectivity index (χ0) is 13.7. The number of carbonyl (C=O) groups excluding carboxylic acids is 1. The van der Waals surface area contributed by atoms with Crippen LogP contribution in [0.2, 0.25) is 0 Å². The highest BCUT2D eigenvalue weighted by atomic mass is 127. The largest absolute Gasteiger partial charge is 0.460 e. The predicted octanol–water partition coefficient (Wildman–Crippen LogP) is 4.14. The Labute approximate surface area is 126 Å². The second-order valence-corrected chi connectivity index (χ2v) is 5.50. The lowest BCUT2D eigenvalue weighted by molar-refractivity contribution is -0.146. The van der Waals surface area contributed by atoms with Crippen molar-refractivity contribution in [3.8, 4) is 0 Å². The minimum Gasteiger partial charge on any atom is -0.460 e. The normalized spacial score (nSPS) is 11.9. The Bertz CT molecular complexity index is 552. The third-order valence-corrected chi connectivity index (χ3v) is 3.93. The molecule has 1 atom stereocenters. The first-order chi connectivity index (χ1) is 9.18. The summed E-state index contributed by atoms with van der Waals surface area (Å²) < 4.78 is 6.44. The molecule has 0 spiro atoms. The maximum atomic E-state index is 12.0. The van der Waals surface area contributed by atoms with E-state index in [-0.39, 0.29) is 11.9 Å². The van der Waals surface area contributed by atoms with Gasteiger partial charge in [-0.25, -0.2) is 0 Å². The van der Waals surface area contributed by atoms with E-state index in [1.807, 2.05) is 61.5 Å². The first-order valence-corrected chi connectivity index (χ1v) is 7.21. The van der Waals surface area contributed by atoms with E-state index in [2.05, 4.69) is 22.6 Å². The van der Waals surface area contributed by atoms with Crippen molar-refractivity contribution in [1.29, 1.82) is 0 Å². The van der Waals surface area contributed by atoms with Crippen molar-refractivity contribution in [2.45, 2.75) is 19.4 Å². The Morgan fingerprint density at radius 3 is 2.42 bits per heavy atom. The Balaban J connectivity index is 1.99. The van der Waals surface area contributed by atoms with Gasteiger partial charge >= 0.3 is 5.97 Å². The lowest BCUT2D eigenvalue weighted by Gasteiger charge is -2.13. The van der Waals surface area contributed by atoms with Crippen molar-refractivity contribution in [2.75, 3.05) is 0 Å². The molecule has 2 aromatic rings. The summed E-state index contributed by atoms with van der Waals surface area (Å²) >= 11 is 2.24. The minimum atomic E-state index is -0.239. The van der Waals surface area contributed by atoms with E-state index in [0.717, 1.165) is 14.7 Å². The van der Waals surface area contributed by atoms with E-state index in [9.17, 15) is 4.79 Å². The summed E-state index contributed by atoms with van der Waals surface area (Å²) in [6, 6.07) is 17.6. The zero-order valence-corrected chi connectivity index (χ0v) is 12.8. The van der Waals surface area contributed by atoms with Crippen molar-refractivity contribution in [2.24, 2.45) is 0 Å². The molecule has 2 rings (SSSR count). The maximum Gasteiger partial charge on any atom is 0.313 e. The molecule has 0 N–H and O–H groups in total. The van der Waals surface area contributed by atoms with Crippen LogP contribution >= 0.6 is 22.6 Å². The van der Waals surface area contributed by atoms with Crippen molar-refractivity contribution in [3.05, 3.63) is 69.3 Å². The van der Waals surface area contributed by atoms with Gasteiger partial charge < -0.3 is 4.74 Å². The Morgan fingerprint density at radius 2 is 1.74 bits per heavy atom. The molecule has 0 fully saturated rings. The number of esters is 1. The van der Waals surface area contributed by atoms with Crippen molar-refractivity contribution in [3.63, 3.8) is 0 Å². The Morgan fingerprint density at radius 1 is 1.11 bits per heavy atom. The van der Waals surface area contributed by atoms with Crippen LogP contribution in [0.15, 0.2) is 54.6 Å². The van der Waals surface area contributed by atoms with Crippen LogP contribution < -0.4 is 0 Å². The number of ether oxygens (including phenoxy) is 1. The van der Waals surface area contributed by atoms with Crippen LogP contribution in [-0.2, 0) is 16.1 Å². The SMILES string of the molecule is CC(C(=O)OCc1ccccc1)c1ccccc1I. The van der Waals surface area contributed by atoms with E-state index in [1.165, 1.54) is 0 Å². The molecule has 19 heavy (non-hydrogen) atoms. The monoisotopic (exact) mass is 366 g/mol. The molecule has 0 radical (unpaired) electrons. The molecule has 0 aliphatic rings. The summed E-state index contributed by atoms with van der Waals surface area (Å²) in [5.74, 6) is -0.426. The smallest absolute Gasteiger partial charge is 0.313 e. The van der Waals surface area contributed by atoms with Gasteiger partial charge in [0.1, 0.15) is 6.61 Å². The number of hydrogen-bond acceptors (Lipinski definition) is 2. The van der Waals surface area contributed by atoms with E-state index in [4.69, 9.17) is 4.74 Å². The van der Waals surface area contributed by atoms with E-state index < -0.39 is 0 Å². The third kappa shape index (κ3) is 3.80. The van der Waals surface area contributed by atoms with Crippen molar-refractivity contribution >= 4 is 28.6 Å². The lowest BCUT2D eigenvalue weighted by Crippen LogP contribution is -2.14. The molecular weight excluding hydrogens is 351 g/mol. The number of hydrogen-bond donors (Lipinski definition) is 0. The van der Waals surface area contributed by atoms with Gasteiger partial charge in [-0.15, -0.1) is 0 Å². The van der Waals surface area contributed by atoms with Crippen LogP contribution in [0.4, 0.5) is 0 Å². The fraction of sp³-hybridized carbons (Fsp3) is 0.188. The standard InChI is InChI=1S/C16H15IO2/c1-12(14-9-5-6-10-15(14)17)16(18)19-11-13-7-3-2-4-8-13/h2-10,12H,11H2,1H3. The van der Waals surface area contributed by atoms with E-state index in [0.29, 0.717) is 6.61 Å². The second kappa shape index (κ2) is 6.70. The molecule has 3 heteroatoms. The highest BCUT2D eigenvalue weighted by Gasteiger charge is 2.18. The van der Waals surface area contributed by atoms with Gasteiger partial charge in [0.25, 0.3) is 0 Å². The van der Waals surface area contributed by atoms with Crippen LogP contribution in [0.25, 0.3) is 0 Å². The van der Waals surface area contributed by atoms with E-state index in [1.54, 1.807) is 0 Å². The molecular formula is C16H15IO2. The van der Waals surface area contributed by atoms with Gasteiger partial charge in [0.15, 0.2) is 0 Å². The molecule has 0 aromatic heterocycles. The molecule has 0 aliphatic heterocycles. The van der Waals surface area contributed by atoms with Crippen LogP contribution in [0.1, 0.15) is 24.0 Å². The van der Waals surface area contributed by atoms with Gasteiger partial charge in [-0.1, -0.05) is 48.5 Å². The van der Waals surface area contributed by atoms with Crippen molar-refractivity contribution < 1.29 is 9.53 Å². The van der Waals surface area contributed by atoms with Crippen molar-refractivity contribution in [1.82, 2.24) is 0 Å². The summed E-state index contributed by atoms with van der Waals surface area (Å²) in [7, 11) is 0. The maximum absolute atomic E-state index is 12.0. The Kier molecular flexibility index (Phi) is 4.96. The van der Waals surface area contributed by atoms with Gasteiger partial charge in [-0.05, 0) is 46.7 Å². The van der Waals surface area contributed by atoms with Gasteiger partial charge in [0, 0.05) is 3.57 Å². The molecule has 0 saturated carbocycles. The molecule has 2 aromatic carbocycles. The molecule has 1 unspecified atom stereocenters. The van der Waals surface area contributed by atoms with Gasteiger partial charge in [-0.2, -0.15) is 0 Å². The molecule has 0 heterocycles. The fourth-order valence-electron chi connectivity index (χ4n) is 1.81. The average molecular weight is 366 g/mol. The summed E-state index contributed by atoms with van der Waals surface area (Å²) in [5, 5.41) is 0. The summed E-state index contributed by atoms with van der Waals surface area (Å²) in [6.07, 6.45) is 0. The highest BCUT2D eigenvalue weighted by Crippen LogP contribution is 2.22. The first-order valence-electron chi connectivity index (χ1n) is 6.13. The van der Waals surface area contributed by atoms with E-state index >= 15 is 0 Å². The van der Waals surface area contributed by atoms with Crippen LogP contribution in [-0.4, -0.2) is 5.97 Å². The summed E-state index contributed by atoms with van der Waals surface area (Å²) in [5.41, 5.74) is 2.02. The minimum absolute atomic E-state index is 0.187. The Hall–Kier alpha value is -1.36. The third-order valence-electron chi connectivity index (χ3n) is 2.95. The molecule has 98 valence electrons. The fourth-order valence-corrected chi connectivity index (χ4v) is 2.66. The summed E-state index contributed by atoms with van der Waals surface area (Å²) in [6.45, 7) is 2.21. The predicted molar refractivity (Wildman–Crippen MR) is 83.8 cm³/mol. The number of rotatable bonds is 4. The second-order valence-electron chi connectivity index (χ2n) is 4.34. The highest BCUT2D eigenvalue weighted by molar-refractivity contribution is 14.1. The lowest BCUT2D eigenvalue weighted by atomic mass is 10.0. The number of carbonyl (C=O) groups is 1. The zero-order valence-electron chi connectivity index (χ0n) is 10.7. The first kappa shape index (κ1) is 14.1. The quantitative estimate of drug-likeness (QED) is 0.601. The van der Waals surface area contributed by atoms with Gasteiger partial charge in [0.05, 0.1) is 5.92 Å². The molecule has 0 bridgehead atoms. The summed E-state index contributed by atoms with van der Waals surface area (Å²) in [4.78, 5) is 12.0. The molecule has 0 amide bonds. The number of halogens is 1. The molecule has 2 nitrogen and oxygen atoms in total. The van der Waals surface area contributed by atoms with Gasteiger partial charge in [0.2, 0.25) is 0 Å². The molecule has 0 aliphatic carbocycles. The average Bonchev–Trinajstić information content (AvgIpc) is 2.45. The van der Waals surface area contributed by atoms with Crippen LogP contribution in [0, 0.1) is 3.57 Å². The van der Waals surface area contributed by atoms with Crippen LogP contribution in [0.5, 0.6) is 0 Å². The van der Waals surface area contributed by atoms with Gasteiger partial charge in [-0.3, -0.25) is 4.79 Å².